The molecule has 27 heavy (non-hydrogen) atoms. The molecule has 0 N–H and O–H groups in total. The van der Waals surface area contributed by atoms with E-state index in [1.54, 1.807) is 0 Å². The molecule has 0 spiro atoms. The molecule has 148 valence electrons. The highest BCUT2D eigenvalue weighted by molar-refractivity contribution is 4.72. The summed E-state index contributed by atoms with van der Waals surface area (Å²) in [5, 5.41) is 34.4. The quantitative estimate of drug-likeness (QED) is 0.333. The average molecular weight is 376 g/mol. The lowest BCUT2D eigenvalue weighted by atomic mass is 10.1. The molecule has 0 rings (SSSR count). The molecule has 8 nitrogen and oxygen atoms in total. The molecule has 0 aromatic rings. The minimum absolute atomic E-state index is 0.0818. The van der Waals surface area contributed by atoms with Crippen LogP contribution in [0.2, 0.25) is 0 Å². The molecule has 2 atom stereocenters. The number of nitriles is 4. The first-order chi connectivity index (χ1) is 13.3. The zero-order chi connectivity index (χ0) is 20.0. The molecular weight excluding hydrogens is 348 g/mol. The molecule has 2 unspecified atom stereocenters. The van der Waals surface area contributed by atoms with Gasteiger partial charge in [-0.1, -0.05) is 0 Å². The summed E-state index contributed by atoms with van der Waals surface area (Å²) in [4.78, 5) is 0. The Hall–Kier alpha value is -2.20. The van der Waals surface area contributed by atoms with E-state index in [9.17, 15) is 0 Å². The van der Waals surface area contributed by atoms with Gasteiger partial charge in [-0.3, -0.25) is 0 Å². The Kier molecular flexibility index (Phi) is 18.5. The van der Waals surface area contributed by atoms with E-state index >= 15 is 0 Å². The zero-order valence-electron chi connectivity index (χ0n) is 15.8. The maximum atomic E-state index is 8.66. The van der Waals surface area contributed by atoms with Gasteiger partial charge in [-0.2, -0.15) is 21.0 Å². The molecule has 8 heteroatoms. The van der Waals surface area contributed by atoms with Crippen molar-refractivity contribution in [2.75, 3.05) is 39.6 Å². The van der Waals surface area contributed by atoms with E-state index in [1.807, 2.05) is 18.2 Å². The van der Waals surface area contributed by atoms with Crippen molar-refractivity contribution in [2.45, 2.75) is 57.2 Å². The molecule has 0 heterocycles. The Labute approximate surface area is 161 Å². The average Bonchev–Trinajstić information content (AvgIpc) is 2.68. The second-order valence-electron chi connectivity index (χ2n) is 5.67. The summed E-state index contributed by atoms with van der Waals surface area (Å²) < 4.78 is 22.3. The molecule has 0 aliphatic carbocycles. The third-order valence-corrected chi connectivity index (χ3v) is 3.55. The number of ether oxygens (including phenoxy) is 4. The molecular formula is C19H28N4O4. The standard InChI is InChI=1S/C19H28N4O4/c20-8-1-12-24-16-7-18(26-14-3-10-22)5-6-19(27-15-4-11-23)17-25-13-2-9-21/h18-19H,1-7,12-17H2. The normalized spacial score (nSPS) is 12.3. The Bertz CT molecular complexity index is 516. The van der Waals surface area contributed by atoms with E-state index in [0.717, 1.165) is 0 Å². The summed E-state index contributed by atoms with van der Waals surface area (Å²) in [6, 6.07) is 8.14. The van der Waals surface area contributed by atoms with Gasteiger partial charge in [0.1, 0.15) is 0 Å². The molecule has 0 saturated heterocycles. The molecule has 0 aromatic heterocycles. The van der Waals surface area contributed by atoms with E-state index in [2.05, 4.69) is 6.07 Å². The lowest BCUT2D eigenvalue weighted by Gasteiger charge is -2.22. The first-order valence-corrected chi connectivity index (χ1v) is 9.15. The van der Waals surface area contributed by atoms with E-state index in [-0.39, 0.29) is 12.2 Å². The Morgan fingerprint density at radius 1 is 0.519 bits per heavy atom. The van der Waals surface area contributed by atoms with Gasteiger partial charge in [-0.25, -0.2) is 0 Å². The number of rotatable bonds is 18. The van der Waals surface area contributed by atoms with Crippen molar-refractivity contribution in [1.82, 2.24) is 0 Å². The first-order valence-electron chi connectivity index (χ1n) is 9.15. The predicted molar refractivity (Wildman–Crippen MR) is 95.9 cm³/mol. The predicted octanol–water partition coefficient (Wildman–Crippen LogP) is 2.62. The van der Waals surface area contributed by atoms with Gasteiger partial charge in [-0.15, -0.1) is 0 Å². The van der Waals surface area contributed by atoms with Crippen LogP contribution >= 0.6 is 0 Å². The first kappa shape index (κ1) is 24.8. The monoisotopic (exact) mass is 376 g/mol. The molecule has 0 bridgehead atoms. The largest absolute Gasteiger partial charge is 0.380 e. The summed E-state index contributed by atoms with van der Waals surface area (Å²) in [6.07, 6.45) is 3.09. The van der Waals surface area contributed by atoms with Crippen molar-refractivity contribution >= 4 is 0 Å². The lowest BCUT2D eigenvalue weighted by Crippen LogP contribution is -2.25. The number of hydrogen-bond donors (Lipinski definition) is 0. The summed E-state index contributed by atoms with van der Waals surface area (Å²) in [6.45, 7) is 2.28. The van der Waals surface area contributed by atoms with Gasteiger partial charge in [-0.05, 0) is 19.3 Å². The SMILES string of the molecule is N#CCCOCCC(CCC(COCCC#N)OCCC#N)OCCC#N. The minimum Gasteiger partial charge on any atom is -0.380 e. The van der Waals surface area contributed by atoms with Crippen LogP contribution in [0.3, 0.4) is 0 Å². The van der Waals surface area contributed by atoms with Crippen LogP contribution in [-0.2, 0) is 18.9 Å². The highest BCUT2D eigenvalue weighted by Gasteiger charge is 2.15. The van der Waals surface area contributed by atoms with Gasteiger partial charge < -0.3 is 18.9 Å². The van der Waals surface area contributed by atoms with Crippen LogP contribution in [0.15, 0.2) is 0 Å². The summed E-state index contributed by atoms with van der Waals surface area (Å²) in [5.74, 6) is 0. The third kappa shape index (κ3) is 17.0. The van der Waals surface area contributed by atoms with Crippen molar-refractivity contribution < 1.29 is 18.9 Å². The van der Waals surface area contributed by atoms with Gasteiger partial charge >= 0.3 is 0 Å². The molecule has 0 aromatic carbocycles. The van der Waals surface area contributed by atoms with Crippen LogP contribution in [0.4, 0.5) is 0 Å². The Morgan fingerprint density at radius 2 is 1.00 bits per heavy atom. The van der Waals surface area contributed by atoms with E-state index in [4.69, 9.17) is 40.0 Å². The van der Waals surface area contributed by atoms with Crippen molar-refractivity contribution in [3.8, 4) is 24.3 Å². The van der Waals surface area contributed by atoms with Crippen molar-refractivity contribution in [2.24, 2.45) is 0 Å². The van der Waals surface area contributed by atoms with Gasteiger partial charge in [0.25, 0.3) is 0 Å². The maximum Gasteiger partial charge on any atom is 0.0809 e. The molecule has 0 radical (unpaired) electrons. The second-order valence-corrected chi connectivity index (χ2v) is 5.67. The van der Waals surface area contributed by atoms with Crippen molar-refractivity contribution in [3.63, 3.8) is 0 Å². The fourth-order valence-corrected chi connectivity index (χ4v) is 2.21. The summed E-state index contributed by atoms with van der Waals surface area (Å²) in [5.41, 5.74) is 0. The van der Waals surface area contributed by atoms with E-state index in [1.165, 1.54) is 0 Å². The maximum absolute atomic E-state index is 8.66. The molecule has 0 amide bonds. The van der Waals surface area contributed by atoms with Crippen LogP contribution < -0.4 is 0 Å². The second kappa shape index (κ2) is 20.1. The molecule has 0 fully saturated rings. The Morgan fingerprint density at radius 3 is 1.59 bits per heavy atom. The van der Waals surface area contributed by atoms with Gasteiger partial charge in [0.2, 0.25) is 0 Å². The number of hydrogen-bond acceptors (Lipinski definition) is 8. The smallest absolute Gasteiger partial charge is 0.0809 e. The summed E-state index contributed by atoms with van der Waals surface area (Å²) in [7, 11) is 0. The Balaban J connectivity index is 4.37. The molecule has 0 aliphatic heterocycles. The van der Waals surface area contributed by atoms with Gasteiger partial charge in [0.05, 0.1) is 95.2 Å². The van der Waals surface area contributed by atoms with E-state index < -0.39 is 0 Å². The van der Waals surface area contributed by atoms with Crippen LogP contribution in [0.1, 0.15) is 44.9 Å². The third-order valence-electron chi connectivity index (χ3n) is 3.55. The molecule has 0 saturated carbocycles. The fourth-order valence-electron chi connectivity index (χ4n) is 2.21. The molecule has 0 aliphatic rings. The number of nitrogens with zero attached hydrogens (tertiary/aromatic N) is 4. The topological polar surface area (TPSA) is 132 Å². The lowest BCUT2D eigenvalue weighted by molar-refractivity contribution is -0.0336. The highest BCUT2D eigenvalue weighted by Crippen LogP contribution is 2.13. The van der Waals surface area contributed by atoms with Crippen LogP contribution in [0, 0.1) is 45.3 Å². The van der Waals surface area contributed by atoms with Crippen molar-refractivity contribution in [3.05, 3.63) is 0 Å². The van der Waals surface area contributed by atoms with Crippen LogP contribution in [0.25, 0.3) is 0 Å². The minimum atomic E-state index is -0.182. The highest BCUT2D eigenvalue weighted by atomic mass is 16.5. The van der Waals surface area contributed by atoms with Gasteiger partial charge in [0, 0.05) is 6.61 Å². The van der Waals surface area contributed by atoms with E-state index in [0.29, 0.717) is 84.6 Å². The van der Waals surface area contributed by atoms with Gasteiger partial charge in [0.15, 0.2) is 0 Å². The van der Waals surface area contributed by atoms with Crippen LogP contribution in [-0.4, -0.2) is 51.8 Å². The fraction of sp³-hybridized carbons (Fsp3) is 0.789. The summed E-state index contributed by atoms with van der Waals surface area (Å²) >= 11 is 0. The zero-order valence-corrected chi connectivity index (χ0v) is 15.8. The van der Waals surface area contributed by atoms with Crippen molar-refractivity contribution in [1.29, 1.82) is 21.0 Å². The van der Waals surface area contributed by atoms with Crippen LogP contribution in [0.5, 0.6) is 0 Å².